The standard InChI is InChI=1S/C47H55N11O4/c1-28-23-32(7-10-35(28)30(3)50-44(60)43-53-45(62-54-43)47(4,5)6)41-40-36-11-8-34(25-37(36)51-42(40)49-27-48-41)57-21-19-55(20-22-57)26-31-13-16-56(17-14-31)33-9-12-38(29(2)24-33)58-18-15-39(59)52-46(58)61/h7-12,23-25,27,30-31H,13-22,26H2,1-6H3,(H,50,60)(H,48,49,51)(H,52,59,61)/t30-/m1/s1. The van der Waals surface area contributed by atoms with Gasteiger partial charge in [-0.1, -0.05) is 44.1 Å². The summed E-state index contributed by atoms with van der Waals surface area (Å²) in [6, 6.07) is 18.6. The first-order valence-electron chi connectivity index (χ1n) is 21.8. The number of fused-ring (bicyclic) bond motifs is 3. The summed E-state index contributed by atoms with van der Waals surface area (Å²) in [5.74, 6) is 0.516. The Morgan fingerprint density at radius 1 is 0.887 bits per heavy atom. The Morgan fingerprint density at radius 2 is 1.63 bits per heavy atom. The van der Waals surface area contributed by atoms with Crippen molar-refractivity contribution in [3.05, 3.63) is 89.3 Å². The largest absolute Gasteiger partial charge is 0.372 e. The van der Waals surface area contributed by atoms with Crippen molar-refractivity contribution < 1.29 is 18.9 Å². The minimum atomic E-state index is -0.380. The van der Waals surface area contributed by atoms with Crippen molar-refractivity contribution in [2.24, 2.45) is 5.92 Å². The lowest BCUT2D eigenvalue weighted by molar-refractivity contribution is -0.120. The molecule has 0 spiro atoms. The molecule has 3 aromatic carbocycles. The molecular weight excluding hydrogens is 783 g/mol. The number of hydrogen-bond acceptors (Lipinski definition) is 11. The number of piperidine rings is 1. The van der Waals surface area contributed by atoms with Crippen LogP contribution in [0.5, 0.6) is 0 Å². The third-order valence-corrected chi connectivity index (χ3v) is 12.8. The quantitative estimate of drug-likeness (QED) is 0.137. The molecule has 3 aliphatic heterocycles. The molecule has 3 N–H and O–H groups in total. The predicted octanol–water partition coefficient (Wildman–Crippen LogP) is 7.05. The van der Waals surface area contributed by atoms with Crippen LogP contribution in [0.25, 0.3) is 33.2 Å². The molecule has 3 aliphatic rings. The van der Waals surface area contributed by atoms with E-state index in [0.29, 0.717) is 24.8 Å². The maximum Gasteiger partial charge on any atom is 0.328 e. The highest BCUT2D eigenvalue weighted by Crippen LogP contribution is 2.36. The summed E-state index contributed by atoms with van der Waals surface area (Å²) < 4.78 is 5.33. The van der Waals surface area contributed by atoms with Crippen LogP contribution >= 0.6 is 0 Å². The van der Waals surface area contributed by atoms with E-state index in [1.165, 1.54) is 11.4 Å². The van der Waals surface area contributed by atoms with E-state index >= 15 is 0 Å². The number of rotatable bonds is 9. The molecule has 0 unspecified atom stereocenters. The summed E-state index contributed by atoms with van der Waals surface area (Å²) in [6.45, 7) is 19.5. The molecule has 3 saturated heterocycles. The fourth-order valence-electron chi connectivity index (χ4n) is 9.26. The molecule has 0 aliphatic carbocycles. The second-order valence-corrected chi connectivity index (χ2v) is 18.2. The van der Waals surface area contributed by atoms with Crippen LogP contribution in [-0.2, 0) is 10.2 Å². The molecule has 4 amide bonds. The van der Waals surface area contributed by atoms with E-state index in [1.807, 2.05) is 53.7 Å². The molecule has 15 heteroatoms. The zero-order chi connectivity index (χ0) is 43.3. The molecule has 0 bridgehead atoms. The molecule has 3 aromatic heterocycles. The molecule has 1 atom stereocenters. The van der Waals surface area contributed by atoms with Crippen molar-refractivity contribution in [3.63, 3.8) is 0 Å². The summed E-state index contributed by atoms with van der Waals surface area (Å²) in [4.78, 5) is 63.5. The number of anilines is 3. The minimum Gasteiger partial charge on any atom is -0.372 e. The van der Waals surface area contributed by atoms with Gasteiger partial charge in [0.2, 0.25) is 11.8 Å². The monoisotopic (exact) mass is 837 g/mol. The van der Waals surface area contributed by atoms with E-state index in [9.17, 15) is 14.4 Å². The number of nitrogens with one attached hydrogen (secondary N) is 3. The van der Waals surface area contributed by atoms with E-state index in [2.05, 4.69) is 87.9 Å². The van der Waals surface area contributed by atoms with Gasteiger partial charge in [0.15, 0.2) is 0 Å². The predicted molar refractivity (Wildman–Crippen MR) is 241 cm³/mol. The van der Waals surface area contributed by atoms with Crippen LogP contribution in [0.1, 0.15) is 86.2 Å². The van der Waals surface area contributed by atoms with E-state index in [-0.39, 0.29) is 35.1 Å². The first kappa shape index (κ1) is 41.0. The van der Waals surface area contributed by atoms with Gasteiger partial charge < -0.3 is 24.6 Å². The van der Waals surface area contributed by atoms with E-state index in [0.717, 1.165) is 114 Å². The first-order valence-corrected chi connectivity index (χ1v) is 21.8. The van der Waals surface area contributed by atoms with Gasteiger partial charge >= 0.3 is 6.03 Å². The molecule has 3 fully saturated rings. The number of urea groups is 1. The average molecular weight is 838 g/mol. The second kappa shape index (κ2) is 16.5. The van der Waals surface area contributed by atoms with Gasteiger partial charge in [-0.3, -0.25) is 24.7 Å². The third kappa shape index (κ3) is 8.20. The van der Waals surface area contributed by atoms with Gasteiger partial charge in [-0.05, 0) is 92.6 Å². The topological polar surface area (TPSA) is 169 Å². The van der Waals surface area contributed by atoms with Gasteiger partial charge in [0.25, 0.3) is 11.7 Å². The Hall–Kier alpha value is -6.35. The number of benzene rings is 3. The Balaban J connectivity index is 0.802. The summed E-state index contributed by atoms with van der Waals surface area (Å²) in [5, 5.41) is 11.4. The van der Waals surface area contributed by atoms with Crippen LogP contribution in [0, 0.1) is 19.8 Å². The highest BCUT2D eigenvalue weighted by molar-refractivity contribution is 6.12. The number of imide groups is 1. The van der Waals surface area contributed by atoms with Gasteiger partial charge in [-0.25, -0.2) is 14.8 Å². The van der Waals surface area contributed by atoms with Crippen molar-refractivity contribution in [1.82, 2.24) is 40.6 Å². The minimum absolute atomic E-state index is 0.0255. The average Bonchev–Trinajstić information content (AvgIpc) is 3.91. The van der Waals surface area contributed by atoms with Crippen LogP contribution in [0.2, 0.25) is 0 Å². The smallest absolute Gasteiger partial charge is 0.328 e. The van der Waals surface area contributed by atoms with Crippen molar-refractivity contribution in [2.75, 3.05) is 67.1 Å². The maximum atomic E-state index is 13.0. The fourth-order valence-corrected chi connectivity index (χ4v) is 9.26. The number of aromatic amines is 1. The van der Waals surface area contributed by atoms with Gasteiger partial charge in [0.05, 0.1) is 17.1 Å². The number of aromatic nitrogens is 5. The molecule has 322 valence electrons. The fraction of sp³-hybridized carbons (Fsp3) is 0.426. The summed E-state index contributed by atoms with van der Waals surface area (Å²) in [5.41, 5.74) is 9.64. The second-order valence-electron chi connectivity index (χ2n) is 18.2. The molecule has 6 aromatic rings. The number of carbonyl (C=O) groups is 3. The third-order valence-electron chi connectivity index (χ3n) is 12.8. The molecule has 9 rings (SSSR count). The van der Waals surface area contributed by atoms with Crippen LogP contribution in [0.15, 0.2) is 65.4 Å². The van der Waals surface area contributed by atoms with Gasteiger partial charge in [-0.2, -0.15) is 4.98 Å². The van der Waals surface area contributed by atoms with Crippen LogP contribution < -0.4 is 25.3 Å². The number of amides is 4. The molecule has 15 nitrogen and oxygen atoms in total. The maximum absolute atomic E-state index is 13.0. The zero-order valence-corrected chi connectivity index (χ0v) is 36.4. The lowest BCUT2D eigenvalue weighted by Gasteiger charge is -2.40. The molecule has 6 heterocycles. The van der Waals surface area contributed by atoms with Gasteiger partial charge in [0, 0.05) is 97.7 Å². The SMILES string of the molecule is Cc1cc(-c2ncnc3[nH]c4cc(N5CCN(CC6CCN(c7ccc(N8CCC(=O)NC8=O)c(C)c7)CC6)CC5)ccc4c23)ccc1[C@@H](C)NC(=O)c1noc(C(C)(C)C)n1. The van der Waals surface area contributed by atoms with Crippen LogP contribution in [0.4, 0.5) is 21.9 Å². The zero-order valence-electron chi connectivity index (χ0n) is 36.4. The molecule has 0 radical (unpaired) electrons. The Morgan fingerprint density at radius 3 is 2.34 bits per heavy atom. The van der Waals surface area contributed by atoms with E-state index in [1.54, 1.807) is 11.2 Å². The van der Waals surface area contributed by atoms with Crippen LogP contribution in [0.3, 0.4) is 0 Å². The Kier molecular flexibility index (Phi) is 10.9. The molecule has 62 heavy (non-hydrogen) atoms. The van der Waals surface area contributed by atoms with Crippen molar-refractivity contribution in [2.45, 2.75) is 72.3 Å². The molecule has 0 saturated carbocycles. The van der Waals surface area contributed by atoms with Gasteiger partial charge in [0.1, 0.15) is 12.0 Å². The van der Waals surface area contributed by atoms with Crippen molar-refractivity contribution in [3.8, 4) is 11.3 Å². The van der Waals surface area contributed by atoms with Gasteiger partial charge in [-0.15, -0.1) is 0 Å². The summed E-state index contributed by atoms with van der Waals surface area (Å²) >= 11 is 0. The number of nitrogens with zero attached hydrogens (tertiary/aromatic N) is 8. The summed E-state index contributed by atoms with van der Waals surface area (Å²) in [6.07, 6.45) is 4.24. The lowest BCUT2D eigenvalue weighted by atomic mass is 9.95. The van der Waals surface area contributed by atoms with Crippen LogP contribution in [-0.4, -0.2) is 100 Å². The van der Waals surface area contributed by atoms with E-state index < -0.39 is 0 Å². The highest BCUT2D eigenvalue weighted by Gasteiger charge is 2.29. The number of aryl methyl sites for hydroxylation is 2. The number of H-pyrrole nitrogens is 1. The highest BCUT2D eigenvalue weighted by atomic mass is 16.5. The van der Waals surface area contributed by atoms with Crippen molar-refractivity contribution in [1.29, 1.82) is 0 Å². The first-order chi connectivity index (χ1) is 29.8. The van der Waals surface area contributed by atoms with E-state index in [4.69, 9.17) is 9.51 Å². The normalized spacial score (nSPS) is 17.5. The summed E-state index contributed by atoms with van der Waals surface area (Å²) in [7, 11) is 0. The number of hydrogen-bond donors (Lipinski definition) is 3. The molecular formula is C47H55N11O4. The lowest BCUT2D eigenvalue weighted by Crippen LogP contribution is -2.49. The van der Waals surface area contributed by atoms with Crippen molar-refractivity contribution >= 4 is 56.8 Å². The Labute approximate surface area is 361 Å². The number of piperazine rings is 1. The Bertz CT molecular complexity index is 2670. The number of carbonyl (C=O) groups excluding carboxylic acids is 3.